The first-order chi connectivity index (χ1) is 13.0. The van der Waals surface area contributed by atoms with Gasteiger partial charge in [-0.2, -0.15) is 0 Å². The molecule has 7 nitrogen and oxygen atoms in total. The lowest BCUT2D eigenvalue weighted by Crippen LogP contribution is -2.39. The number of carbonyl (C=O) groups excluding carboxylic acids is 1. The van der Waals surface area contributed by atoms with Gasteiger partial charge in [-0.15, -0.1) is 0 Å². The largest absolute Gasteiger partial charge is 0.495 e. The van der Waals surface area contributed by atoms with Gasteiger partial charge in [0.1, 0.15) is 23.0 Å². The second-order valence-electron chi connectivity index (χ2n) is 6.60. The molecule has 144 valence electrons. The monoisotopic (exact) mass is 390 g/mol. The first-order valence-corrected chi connectivity index (χ1v) is 9.19. The van der Waals surface area contributed by atoms with Crippen molar-refractivity contribution in [2.24, 2.45) is 5.92 Å². The van der Waals surface area contributed by atoms with Crippen LogP contribution in [0.3, 0.4) is 0 Å². The lowest BCUT2D eigenvalue weighted by molar-refractivity contribution is 0.0676. The van der Waals surface area contributed by atoms with E-state index < -0.39 is 0 Å². The van der Waals surface area contributed by atoms with Gasteiger partial charge in [0.15, 0.2) is 0 Å². The molecule has 0 bridgehead atoms. The number of hydrogen-bond donors (Lipinski definition) is 1. The van der Waals surface area contributed by atoms with Crippen LogP contribution in [0.2, 0.25) is 5.02 Å². The summed E-state index contributed by atoms with van der Waals surface area (Å²) in [5.74, 6) is 1.99. The van der Waals surface area contributed by atoms with Crippen LogP contribution < -0.4 is 14.8 Å². The standard InChI is InChI=1S/C19H23ClN4O3/c1-12-5-4-6-24(11-12)19(25)15-9-22-18(10-21-15)23-14-8-16(26-2)13(20)7-17(14)27-3/h7-10,12H,4-6,11H2,1-3H3,(H,22,23). The molecular weight excluding hydrogens is 368 g/mol. The molecule has 1 unspecified atom stereocenters. The number of piperidine rings is 1. The lowest BCUT2D eigenvalue weighted by Gasteiger charge is -2.30. The SMILES string of the molecule is COc1cc(Nc2cnc(C(=O)N3CCCC(C)C3)cn2)c(OC)cc1Cl. The van der Waals surface area contributed by atoms with E-state index in [2.05, 4.69) is 22.2 Å². The summed E-state index contributed by atoms with van der Waals surface area (Å²) < 4.78 is 10.6. The van der Waals surface area contributed by atoms with Gasteiger partial charge < -0.3 is 19.7 Å². The van der Waals surface area contributed by atoms with Crippen molar-refractivity contribution in [3.63, 3.8) is 0 Å². The number of rotatable bonds is 5. The number of benzene rings is 1. The molecule has 2 heterocycles. The number of methoxy groups -OCH3 is 2. The number of carbonyl (C=O) groups is 1. The van der Waals surface area contributed by atoms with Crippen LogP contribution >= 0.6 is 11.6 Å². The number of nitrogens with zero attached hydrogens (tertiary/aromatic N) is 3. The Kier molecular flexibility index (Phi) is 6.01. The molecule has 1 fully saturated rings. The number of nitrogens with one attached hydrogen (secondary N) is 1. The van der Waals surface area contributed by atoms with Crippen LogP contribution in [0.15, 0.2) is 24.5 Å². The Morgan fingerprint density at radius 3 is 2.63 bits per heavy atom. The highest BCUT2D eigenvalue weighted by molar-refractivity contribution is 6.32. The predicted octanol–water partition coefficient (Wildman–Crippen LogP) is 3.76. The van der Waals surface area contributed by atoms with Crippen LogP contribution in [0.1, 0.15) is 30.3 Å². The highest BCUT2D eigenvalue weighted by Crippen LogP contribution is 2.36. The van der Waals surface area contributed by atoms with Crippen molar-refractivity contribution in [3.05, 3.63) is 35.2 Å². The van der Waals surface area contributed by atoms with Gasteiger partial charge in [0.2, 0.25) is 0 Å². The molecule has 1 aromatic carbocycles. The molecule has 1 aromatic heterocycles. The molecule has 2 aromatic rings. The second kappa shape index (κ2) is 8.43. The molecule has 1 atom stereocenters. The van der Waals surface area contributed by atoms with E-state index in [4.69, 9.17) is 21.1 Å². The van der Waals surface area contributed by atoms with Crippen LogP contribution in [-0.2, 0) is 0 Å². The predicted molar refractivity (Wildman–Crippen MR) is 104 cm³/mol. The number of likely N-dealkylation sites (tertiary alicyclic amines) is 1. The normalized spacial score (nSPS) is 16.7. The van der Waals surface area contributed by atoms with E-state index in [1.165, 1.54) is 12.4 Å². The zero-order valence-corrected chi connectivity index (χ0v) is 16.4. The van der Waals surface area contributed by atoms with Crippen LogP contribution in [0, 0.1) is 5.92 Å². The zero-order valence-electron chi connectivity index (χ0n) is 15.7. The van der Waals surface area contributed by atoms with Gasteiger partial charge in [-0.1, -0.05) is 18.5 Å². The molecule has 1 N–H and O–H groups in total. The first-order valence-electron chi connectivity index (χ1n) is 8.81. The summed E-state index contributed by atoms with van der Waals surface area (Å²) in [7, 11) is 3.09. The third-order valence-corrected chi connectivity index (χ3v) is 4.85. The summed E-state index contributed by atoms with van der Waals surface area (Å²) >= 11 is 6.12. The van der Waals surface area contributed by atoms with Gasteiger partial charge in [-0.3, -0.25) is 4.79 Å². The molecule has 27 heavy (non-hydrogen) atoms. The quantitative estimate of drug-likeness (QED) is 0.837. The van der Waals surface area contributed by atoms with Crippen LogP contribution in [-0.4, -0.2) is 48.1 Å². The fourth-order valence-electron chi connectivity index (χ4n) is 3.14. The number of hydrogen-bond acceptors (Lipinski definition) is 6. The topological polar surface area (TPSA) is 76.6 Å². The molecular formula is C19H23ClN4O3. The lowest BCUT2D eigenvalue weighted by atomic mass is 10.0. The van der Waals surface area contributed by atoms with Crippen LogP contribution in [0.25, 0.3) is 0 Å². The number of amides is 1. The van der Waals surface area contributed by atoms with Crippen molar-refractivity contribution in [3.8, 4) is 11.5 Å². The maximum atomic E-state index is 12.6. The highest BCUT2D eigenvalue weighted by Gasteiger charge is 2.23. The van der Waals surface area contributed by atoms with Gasteiger partial charge in [0.25, 0.3) is 5.91 Å². The zero-order chi connectivity index (χ0) is 19.4. The molecule has 0 saturated carbocycles. The molecule has 1 amide bonds. The maximum Gasteiger partial charge on any atom is 0.274 e. The van der Waals surface area contributed by atoms with Crippen molar-refractivity contribution < 1.29 is 14.3 Å². The van der Waals surface area contributed by atoms with Gasteiger partial charge in [0.05, 0.1) is 37.3 Å². The Hall–Kier alpha value is -2.54. The van der Waals surface area contributed by atoms with E-state index in [9.17, 15) is 4.79 Å². The minimum Gasteiger partial charge on any atom is -0.495 e. The Morgan fingerprint density at radius 1 is 1.22 bits per heavy atom. The fraction of sp³-hybridized carbons (Fsp3) is 0.421. The third-order valence-electron chi connectivity index (χ3n) is 4.55. The van der Waals surface area contributed by atoms with E-state index in [0.29, 0.717) is 39.6 Å². The Bertz CT molecular complexity index is 813. The molecule has 1 aliphatic heterocycles. The van der Waals surface area contributed by atoms with Crippen LogP contribution in [0.4, 0.5) is 11.5 Å². The summed E-state index contributed by atoms with van der Waals surface area (Å²) in [5.41, 5.74) is 0.979. The molecule has 3 rings (SSSR count). The minimum absolute atomic E-state index is 0.0775. The molecule has 1 aliphatic rings. The van der Waals surface area contributed by atoms with Crippen molar-refractivity contribution in [2.75, 3.05) is 32.6 Å². The minimum atomic E-state index is -0.0775. The Labute approximate surface area is 163 Å². The molecule has 0 aliphatic carbocycles. The Balaban J connectivity index is 1.75. The van der Waals surface area contributed by atoms with Crippen molar-refractivity contribution in [1.29, 1.82) is 0 Å². The van der Waals surface area contributed by atoms with Crippen molar-refractivity contribution in [1.82, 2.24) is 14.9 Å². The van der Waals surface area contributed by atoms with E-state index in [1.54, 1.807) is 26.4 Å². The summed E-state index contributed by atoms with van der Waals surface area (Å²) in [4.78, 5) is 23.0. The average molecular weight is 391 g/mol. The number of aromatic nitrogens is 2. The smallest absolute Gasteiger partial charge is 0.274 e. The van der Waals surface area contributed by atoms with Gasteiger partial charge in [0, 0.05) is 25.2 Å². The van der Waals surface area contributed by atoms with Gasteiger partial charge in [-0.25, -0.2) is 9.97 Å². The molecule has 1 saturated heterocycles. The van der Waals surface area contributed by atoms with E-state index in [0.717, 1.165) is 25.9 Å². The second-order valence-corrected chi connectivity index (χ2v) is 7.00. The van der Waals surface area contributed by atoms with Crippen LogP contribution in [0.5, 0.6) is 11.5 Å². The fourth-order valence-corrected chi connectivity index (χ4v) is 3.37. The van der Waals surface area contributed by atoms with Gasteiger partial charge >= 0.3 is 0 Å². The maximum absolute atomic E-state index is 12.6. The number of ether oxygens (including phenoxy) is 2. The van der Waals surface area contributed by atoms with E-state index in [-0.39, 0.29) is 5.91 Å². The molecule has 8 heteroatoms. The summed E-state index contributed by atoms with van der Waals surface area (Å²) in [6.07, 6.45) is 5.20. The summed E-state index contributed by atoms with van der Waals surface area (Å²) in [6.45, 7) is 3.70. The molecule has 0 radical (unpaired) electrons. The molecule has 0 spiro atoms. The van der Waals surface area contributed by atoms with Gasteiger partial charge in [-0.05, 0) is 18.8 Å². The first kappa shape index (κ1) is 19.2. The summed E-state index contributed by atoms with van der Waals surface area (Å²) in [5, 5.41) is 3.56. The van der Waals surface area contributed by atoms with Crippen molar-refractivity contribution >= 4 is 29.0 Å². The van der Waals surface area contributed by atoms with E-state index >= 15 is 0 Å². The third kappa shape index (κ3) is 4.42. The Morgan fingerprint density at radius 2 is 2.00 bits per heavy atom. The summed E-state index contributed by atoms with van der Waals surface area (Å²) in [6, 6.07) is 3.38. The number of anilines is 2. The highest BCUT2D eigenvalue weighted by atomic mass is 35.5. The average Bonchev–Trinajstić information content (AvgIpc) is 2.69. The van der Waals surface area contributed by atoms with E-state index in [1.807, 2.05) is 4.90 Å². The van der Waals surface area contributed by atoms with Crippen molar-refractivity contribution in [2.45, 2.75) is 19.8 Å². The number of halogens is 1.